The van der Waals surface area contributed by atoms with E-state index in [9.17, 15) is 0 Å². The SMILES string of the molecule is COc1ccccc1-c1ccc(-c2c(OC)cccc2OC)nn1. The molecule has 0 saturated heterocycles. The standard InChI is InChI=1S/C19H18N2O3/c1-22-16-8-5-4-7-13(16)14-11-12-15(21-20-14)19-17(23-2)9-6-10-18(19)24-3/h4-12H,1-3H3. The molecule has 0 spiro atoms. The van der Waals surface area contributed by atoms with Gasteiger partial charge in [-0.1, -0.05) is 18.2 Å². The molecular weight excluding hydrogens is 304 g/mol. The van der Waals surface area contributed by atoms with Crippen molar-refractivity contribution in [2.45, 2.75) is 0 Å². The fourth-order valence-electron chi connectivity index (χ4n) is 2.57. The molecule has 5 heteroatoms. The fourth-order valence-corrected chi connectivity index (χ4v) is 2.57. The van der Waals surface area contributed by atoms with Crippen molar-refractivity contribution in [3.05, 3.63) is 54.6 Å². The van der Waals surface area contributed by atoms with Gasteiger partial charge in [0.05, 0.1) is 32.6 Å². The third-order valence-corrected chi connectivity index (χ3v) is 3.73. The molecule has 0 aliphatic rings. The summed E-state index contributed by atoms with van der Waals surface area (Å²) in [5.74, 6) is 2.14. The number of para-hydroxylation sites is 1. The summed E-state index contributed by atoms with van der Waals surface area (Å²) in [5, 5.41) is 8.70. The smallest absolute Gasteiger partial charge is 0.132 e. The quantitative estimate of drug-likeness (QED) is 0.714. The summed E-state index contributed by atoms with van der Waals surface area (Å²) in [7, 11) is 4.88. The molecule has 122 valence electrons. The third kappa shape index (κ3) is 2.88. The molecule has 0 aliphatic heterocycles. The Balaban J connectivity index is 2.05. The Morgan fingerprint density at radius 3 is 1.71 bits per heavy atom. The number of rotatable bonds is 5. The van der Waals surface area contributed by atoms with Gasteiger partial charge in [0.15, 0.2) is 0 Å². The van der Waals surface area contributed by atoms with Crippen LogP contribution < -0.4 is 14.2 Å². The molecular formula is C19H18N2O3. The van der Waals surface area contributed by atoms with Gasteiger partial charge in [-0.25, -0.2) is 0 Å². The van der Waals surface area contributed by atoms with E-state index in [1.165, 1.54) is 0 Å². The van der Waals surface area contributed by atoms with Crippen molar-refractivity contribution in [1.82, 2.24) is 10.2 Å². The van der Waals surface area contributed by atoms with E-state index in [1.807, 2.05) is 54.6 Å². The molecule has 24 heavy (non-hydrogen) atoms. The number of hydrogen-bond donors (Lipinski definition) is 0. The van der Waals surface area contributed by atoms with Crippen molar-refractivity contribution in [3.63, 3.8) is 0 Å². The molecule has 1 heterocycles. The van der Waals surface area contributed by atoms with E-state index < -0.39 is 0 Å². The Hall–Kier alpha value is -3.08. The van der Waals surface area contributed by atoms with E-state index in [0.29, 0.717) is 17.2 Å². The largest absolute Gasteiger partial charge is 0.496 e. The summed E-state index contributed by atoms with van der Waals surface area (Å²) in [5.41, 5.74) is 3.10. The fraction of sp³-hybridized carbons (Fsp3) is 0.158. The van der Waals surface area contributed by atoms with E-state index in [4.69, 9.17) is 14.2 Å². The first-order valence-corrected chi connectivity index (χ1v) is 7.47. The van der Waals surface area contributed by atoms with Crippen molar-refractivity contribution < 1.29 is 14.2 Å². The van der Waals surface area contributed by atoms with Gasteiger partial charge in [0.25, 0.3) is 0 Å². The number of nitrogens with zero attached hydrogens (tertiary/aromatic N) is 2. The van der Waals surface area contributed by atoms with Crippen LogP contribution in [0.15, 0.2) is 54.6 Å². The van der Waals surface area contributed by atoms with Crippen LogP contribution in [0.3, 0.4) is 0 Å². The number of aromatic nitrogens is 2. The van der Waals surface area contributed by atoms with E-state index in [1.54, 1.807) is 21.3 Å². The summed E-state index contributed by atoms with van der Waals surface area (Å²) in [6.07, 6.45) is 0. The highest BCUT2D eigenvalue weighted by atomic mass is 16.5. The third-order valence-electron chi connectivity index (χ3n) is 3.73. The predicted octanol–water partition coefficient (Wildman–Crippen LogP) is 3.84. The first kappa shape index (κ1) is 15.8. The molecule has 3 rings (SSSR count). The zero-order valence-electron chi connectivity index (χ0n) is 13.8. The van der Waals surface area contributed by atoms with Gasteiger partial charge in [-0.3, -0.25) is 0 Å². The number of methoxy groups -OCH3 is 3. The highest BCUT2D eigenvalue weighted by molar-refractivity contribution is 5.75. The Kier molecular flexibility index (Phi) is 4.61. The van der Waals surface area contributed by atoms with E-state index in [-0.39, 0.29) is 0 Å². The van der Waals surface area contributed by atoms with Gasteiger partial charge < -0.3 is 14.2 Å². The van der Waals surface area contributed by atoms with Gasteiger partial charge in [0.2, 0.25) is 0 Å². The van der Waals surface area contributed by atoms with Gasteiger partial charge >= 0.3 is 0 Å². The molecule has 0 amide bonds. The zero-order valence-corrected chi connectivity index (χ0v) is 13.8. The summed E-state index contributed by atoms with van der Waals surface area (Å²) < 4.78 is 16.2. The van der Waals surface area contributed by atoms with Gasteiger partial charge in [0.1, 0.15) is 22.9 Å². The van der Waals surface area contributed by atoms with Crippen molar-refractivity contribution in [2.75, 3.05) is 21.3 Å². The maximum atomic E-state index is 5.43. The Morgan fingerprint density at radius 1 is 0.583 bits per heavy atom. The van der Waals surface area contributed by atoms with Crippen LogP contribution in [-0.4, -0.2) is 31.5 Å². The average Bonchev–Trinajstić information content (AvgIpc) is 2.67. The first-order valence-electron chi connectivity index (χ1n) is 7.47. The second kappa shape index (κ2) is 7.00. The number of hydrogen-bond acceptors (Lipinski definition) is 5. The first-order chi connectivity index (χ1) is 11.8. The molecule has 5 nitrogen and oxygen atoms in total. The van der Waals surface area contributed by atoms with E-state index in [2.05, 4.69) is 10.2 Å². The number of ether oxygens (including phenoxy) is 3. The van der Waals surface area contributed by atoms with Crippen LogP contribution in [0, 0.1) is 0 Å². The molecule has 3 aromatic rings. The van der Waals surface area contributed by atoms with Crippen LogP contribution in [0.5, 0.6) is 17.2 Å². The molecule has 0 unspecified atom stereocenters. The highest BCUT2D eigenvalue weighted by Crippen LogP contribution is 2.37. The van der Waals surface area contributed by atoms with Crippen LogP contribution >= 0.6 is 0 Å². The van der Waals surface area contributed by atoms with Crippen LogP contribution in [0.25, 0.3) is 22.5 Å². The minimum absolute atomic E-state index is 0.683. The summed E-state index contributed by atoms with van der Waals surface area (Å²) in [6.45, 7) is 0. The lowest BCUT2D eigenvalue weighted by Crippen LogP contribution is -1.97. The second-order valence-corrected chi connectivity index (χ2v) is 5.04. The van der Waals surface area contributed by atoms with Gasteiger partial charge in [-0.15, -0.1) is 10.2 Å². The van der Waals surface area contributed by atoms with Crippen molar-refractivity contribution in [2.24, 2.45) is 0 Å². The van der Waals surface area contributed by atoms with Crippen molar-refractivity contribution >= 4 is 0 Å². The van der Waals surface area contributed by atoms with Crippen LogP contribution in [0.2, 0.25) is 0 Å². The van der Waals surface area contributed by atoms with Crippen molar-refractivity contribution in [1.29, 1.82) is 0 Å². The predicted molar refractivity (Wildman–Crippen MR) is 92.6 cm³/mol. The molecule has 1 aromatic heterocycles. The molecule has 0 bridgehead atoms. The highest BCUT2D eigenvalue weighted by Gasteiger charge is 2.15. The van der Waals surface area contributed by atoms with Crippen molar-refractivity contribution in [3.8, 4) is 39.8 Å². The van der Waals surface area contributed by atoms with E-state index >= 15 is 0 Å². The van der Waals surface area contributed by atoms with Gasteiger partial charge in [-0.05, 0) is 36.4 Å². The Morgan fingerprint density at radius 2 is 1.12 bits per heavy atom. The lowest BCUT2D eigenvalue weighted by atomic mass is 10.1. The van der Waals surface area contributed by atoms with Crippen LogP contribution in [0.4, 0.5) is 0 Å². The summed E-state index contributed by atoms with van der Waals surface area (Å²) in [4.78, 5) is 0. The zero-order chi connectivity index (χ0) is 16.9. The molecule has 0 fully saturated rings. The molecule has 0 aliphatic carbocycles. The average molecular weight is 322 g/mol. The lowest BCUT2D eigenvalue weighted by Gasteiger charge is -2.12. The Bertz CT molecular complexity index is 810. The molecule has 2 aromatic carbocycles. The van der Waals surface area contributed by atoms with Gasteiger partial charge in [-0.2, -0.15) is 0 Å². The van der Waals surface area contributed by atoms with Crippen LogP contribution in [0.1, 0.15) is 0 Å². The molecule has 0 saturated carbocycles. The Labute approximate surface area is 140 Å². The maximum Gasteiger partial charge on any atom is 0.132 e. The maximum absolute atomic E-state index is 5.43. The van der Waals surface area contributed by atoms with E-state index in [0.717, 1.165) is 22.6 Å². The minimum Gasteiger partial charge on any atom is -0.496 e. The van der Waals surface area contributed by atoms with Crippen LogP contribution in [-0.2, 0) is 0 Å². The lowest BCUT2D eigenvalue weighted by molar-refractivity contribution is 0.397. The summed E-state index contributed by atoms with van der Waals surface area (Å²) in [6, 6.07) is 17.1. The summed E-state index contributed by atoms with van der Waals surface area (Å²) >= 11 is 0. The molecule has 0 atom stereocenters. The normalized spacial score (nSPS) is 10.3. The molecule has 0 radical (unpaired) electrons. The topological polar surface area (TPSA) is 53.5 Å². The molecule has 0 N–H and O–H groups in total. The van der Waals surface area contributed by atoms with Gasteiger partial charge in [0, 0.05) is 5.56 Å². The monoisotopic (exact) mass is 322 g/mol. The number of benzene rings is 2. The minimum atomic E-state index is 0.683. The second-order valence-electron chi connectivity index (χ2n) is 5.04.